The summed E-state index contributed by atoms with van der Waals surface area (Å²) in [5, 5.41) is -0.409. The number of alkyl halides is 3. The van der Waals surface area contributed by atoms with Gasteiger partial charge in [0.05, 0.1) is 10.6 Å². The van der Waals surface area contributed by atoms with E-state index in [0.29, 0.717) is 5.56 Å². The molecular formula is C12H9ClF3N3. The van der Waals surface area contributed by atoms with Crippen LogP contribution in [-0.2, 0) is 6.18 Å². The number of nitrogens with zero attached hydrogens (tertiary/aromatic N) is 1. The molecule has 4 N–H and O–H groups in total. The van der Waals surface area contributed by atoms with E-state index < -0.39 is 16.8 Å². The van der Waals surface area contributed by atoms with E-state index in [-0.39, 0.29) is 17.2 Å². The summed E-state index contributed by atoms with van der Waals surface area (Å²) in [6.07, 6.45) is -4.52. The lowest BCUT2D eigenvalue weighted by atomic mass is 10.0. The molecule has 0 saturated heterocycles. The molecule has 2 aromatic rings. The SMILES string of the molecule is Nc1ccc(-c2cccc(C(F)(F)F)c2Cl)c(N)n1. The molecule has 0 aliphatic rings. The van der Waals surface area contributed by atoms with Gasteiger partial charge in [-0.05, 0) is 18.2 Å². The van der Waals surface area contributed by atoms with E-state index in [2.05, 4.69) is 4.98 Å². The van der Waals surface area contributed by atoms with Gasteiger partial charge in [-0.1, -0.05) is 23.7 Å². The minimum absolute atomic E-state index is 0.0289. The van der Waals surface area contributed by atoms with E-state index in [0.717, 1.165) is 6.07 Å². The third-order valence-corrected chi connectivity index (χ3v) is 2.95. The molecule has 0 spiro atoms. The largest absolute Gasteiger partial charge is 0.417 e. The Balaban J connectivity index is 2.64. The van der Waals surface area contributed by atoms with Gasteiger partial charge in [0.25, 0.3) is 0 Å². The van der Waals surface area contributed by atoms with Crippen LogP contribution in [0, 0.1) is 0 Å². The molecular weight excluding hydrogens is 279 g/mol. The lowest BCUT2D eigenvalue weighted by Crippen LogP contribution is -2.06. The second-order valence-corrected chi connectivity index (χ2v) is 4.21. The first-order valence-electron chi connectivity index (χ1n) is 5.19. The van der Waals surface area contributed by atoms with E-state index in [1.807, 2.05) is 0 Å². The minimum atomic E-state index is -4.52. The van der Waals surface area contributed by atoms with Crippen LogP contribution in [0.25, 0.3) is 11.1 Å². The summed E-state index contributed by atoms with van der Waals surface area (Å²) in [6.45, 7) is 0. The third kappa shape index (κ3) is 2.58. The predicted molar refractivity (Wildman–Crippen MR) is 68.5 cm³/mol. The summed E-state index contributed by atoms with van der Waals surface area (Å²) in [5.41, 5.74) is 10.7. The number of aromatic nitrogens is 1. The van der Waals surface area contributed by atoms with E-state index in [9.17, 15) is 13.2 Å². The van der Waals surface area contributed by atoms with Crippen LogP contribution >= 0.6 is 11.6 Å². The Labute approximate surface area is 112 Å². The normalized spacial score (nSPS) is 11.6. The summed E-state index contributed by atoms with van der Waals surface area (Å²) < 4.78 is 38.3. The monoisotopic (exact) mass is 287 g/mol. The van der Waals surface area contributed by atoms with Crippen molar-refractivity contribution in [3.8, 4) is 11.1 Å². The molecule has 1 aromatic carbocycles. The van der Waals surface area contributed by atoms with Gasteiger partial charge in [-0.25, -0.2) is 4.98 Å². The molecule has 2 rings (SSSR count). The van der Waals surface area contributed by atoms with Crippen molar-refractivity contribution in [2.45, 2.75) is 6.18 Å². The number of nitrogen functional groups attached to an aromatic ring is 2. The maximum absolute atomic E-state index is 12.8. The van der Waals surface area contributed by atoms with Gasteiger partial charge in [-0.3, -0.25) is 0 Å². The highest BCUT2D eigenvalue weighted by atomic mass is 35.5. The van der Waals surface area contributed by atoms with Gasteiger partial charge in [0, 0.05) is 11.1 Å². The van der Waals surface area contributed by atoms with Crippen LogP contribution in [0.15, 0.2) is 30.3 Å². The molecule has 0 atom stereocenters. The number of rotatable bonds is 1. The van der Waals surface area contributed by atoms with Crippen LogP contribution in [0.2, 0.25) is 5.02 Å². The highest BCUT2D eigenvalue weighted by Crippen LogP contribution is 2.40. The number of anilines is 2. The summed E-state index contributed by atoms with van der Waals surface area (Å²) in [4.78, 5) is 3.80. The van der Waals surface area contributed by atoms with Gasteiger partial charge < -0.3 is 11.5 Å². The fraction of sp³-hybridized carbons (Fsp3) is 0.0833. The molecule has 0 bridgehead atoms. The van der Waals surface area contributed by atoms with E-state index in [1.165, 1.54) is 24.3 Å². The molecule has 0 unspecified atom stereocenters. The van der Waals surface area contributed by atoms with Crippen molar-refractivity contribution in [3.05, 3.63) is 40.9 Å². The van der Waals surface area contributed by atoms with Crippen LogP contribution in [0.1, 0.15) is 5.56 Å². The molecule has 3 nitrogen and oxygen atoms in total. The molecule has 0 amide bonds. The van der Waals surface area contributed by atoms with Crippen molar-refractivity contribution in [1.82, 2.24) is 4.98 Å². The highest BCUT2D eigenvalue weighted by Gasteiger charge is 2.34. The second kappa shape index (κ2) is 4.62. The first kappa shape index (κ1) is 13.5. The summed E-state index contributed by atoms with van der Waals surface area (Å²) >= 11 is 5.81. The van der Waals surface area contributed by atoms with Crippen LogP contribution in [0.3, 0.4) is 0 Å². The zero-order valence-electron chi connectivity index (χ0n) is 9.50. The van der Waals surface area contributed by atoms with E-state index in [1.54, 1.807) is 0 Å². The lowest BCUT2D eigenvalue weighted by Gasteiger charge is -2.13. The molecule has 19 heavy (non-hydrogen) atoms. The van der Waals surface area contributed by atoms with Gasteiger partial charge in [0.1, 0.15) is 11.6 Å². The highest BCUT2D eigenvalue weighted by molar-refractivity contribution is 6.34. The molecule has 7 heteroatoms. The molecule has 1 heterocycles. The van der Waals surface area contributed by atoms with Gasteiger partial charge in [-0.15, -0.1) is 0 Å². The quantitative estimate of drug-likeness (QED) is 0.842. The van der Waals surface area contributed by atoms with Crippen molar-refractivity contribution in [3.63, 3.8) is 0 Å². The first-order chi connectivity index (χ1) is 8.80. The third-order valence-electron chi connectivity index (χ3n) is 2.54. The Morgan fingerprint density at radius 2 is 1.68 bits per heavy atom. The standard InChI is InChI=1S/C12H9ClF3N3/c13-10-6(2-1-3-8(10)12(14,15)16)7-4-5-9(17)19-11(7)18/h1-5H,(H4,17,18,19). The molecule has 0 saturated carbocycles. The maximum atomic E-state index is 12.8. The van der Waals surface area contributed by atoms with Crippen molar-refractivity contribution in [2.75, 3.05) is 11.5 Å². The first-order valence-corrected chi connectivity index (χ1v) is 5.56. The van der Waals surface area contributed by atoms with E-state index >= 15 is 0 Å². The van der Waals surface area contributed by atoms with Gasteiger partial charge in [0.2, 0.25) is 0 Å². The second-order valence-electron chi connectivity index (χ2n) is 3.83. The average molecular weight is 288 g/mol. The molecule has 0 fully saturated rings. The Morgan fingerprint density at radius 3 is 2.26 bits per heavy atom. The Kier molecular flexibility index (Phi) is 3.28. The van der Waals surface area contributed by atoms with E-state index in [4.69, 9.17) is 23.1 Å². The number of hydrogen-bond acceptors (Lipinski definition) is 3. The van der Waals surface area contributed by atoms with Gasteiger partial charge in [0.15, 0.2) is 0 Å². The van der Waals surface area contributed by atoms with Gasteiger partial charge >= 0.3 is 6.18 Å². The predicted octanol–water partition coefficient (Wildman–Crippen LogP) is 3.59. The fourth-order valence-corrected chi connectivity index (χ4v) is 2.01. The lowest BCUT2D eigenvalue weighted by molar-refractivity contribution is -0.137. The Morgan fingerprint density at radius 1 is 1.00 bits per heavy atom. The average Bonchev–Trinajstić information content (AvgIpc) is 2.28. The summed E-state index contributed by atoms with van der Waals surface area (Å²) in [7, 11) is 0. The smallest absolute Gasteiger partial charge is 0.384 e. The number of nitrogens with two attached hydrogens (primary N) is 2. The van der Waals surface area contributed by atoms with Crippen molar-refractivity contribution >= 4 is 23.2 Å². The number of pyridine rings is 1. The van der Waals surface area contributed by atoms with Crippen molar-refractivity contribution in [2.24, 2.45) is 0 Å². The van der Waals surface area contributed by atoms with Crippen LogP contribution in [-0.4, -0.2) is 4.98 Å². The van der Waals surface area contributed by atoms with Crippen molar-refractivity contribution in [1.29, 1.82) is 0 Å². The van der Waals surface area contributed by atoms with Gasteiger partial charge in [-0.2, -0.15) is 13.2 Å². The number of hydrogen-bond donors (Lipinski definition) is 2. The number of halogens is 4. The van der Waals surface area contributed by atoms with Crippen LogP contribution < -0.4 is 11.5 Å². The summed E-state index contributed by atoms with van der Waals surface area (Å²) in [5.74, 6) is 0.213. The molecule has 100 valence electrons. The Hall–Kier alpha value is -1.95. The van der Waals surface area contributed by atoms with Crippen LogP contribution in [0.4, 0.5) is 24.8 Å². The maximum Gasteiger partial charge on any atom is 0.417 e. The number of benzene rings is 1. The Bertz CT molecular complexity index is 626. The van der Waals surface area contributed by atoms with Crippen LogP contribution in [0.5, 0.6) is 0 Å². The fourth-order valence-electron chi connectivity index (χ4n) is 1.68. The topological polar surface area (TPSA) is 64.9 Å². The molecule has 0 aliphatic heterocycles. The molecule has 1 aromatic heterocycles. The van der Waals surface area contributed by atoms with Crippen molar-refractivity contribution < 1.29 is 13.2 Å². The minimum Gasteiger partial charge on any atom is -0.384 e. The molecule has 0 radical (unpaired) electrons. The molecule has 0 aliphatic carbocycles. The zero-order valence-corrected chi connectivity index (χ0v) is 10.3. The zero-order chi connectivity index (χ0) is 14.2. The summed E-state index contributed by atoms with van der Waals surface area (Å²) in [6, 6.07) is 6.55.